The zero-order valence-corrected chi connectivity index (χ0v) is 77.7. The number of phosphoric acid groups is 1. The van der Waals surface area contributed by atoms with Gasteiger partial charge in [0.1, 0.15) is 92.6 Å². The Morgan fingerprint density at radius 2 is 0.615 bits per heavy atom. The first-order valence-electron chi connectivity index (χ1n) is 49.9. The van der Waals surface area contributed by atoms with Gasteiger partial charge in [-0.2, -0.15) is 0 Å². The van der Waals surface area contributed by atoms with Crippen LogP contribution in [0.2, 0.25) is 0 Å². The highest BCUT2D eigenvalue weighted by atomic mass is 31.2. The molecule has 0 bridgehead atoms. The summed E-state index contributed by atoms with van der Waals surface area (Å²) in [5.41, 5.74) is 0. The van der Waals surface area contributed by atoms with Gasteiger partial charge in [0.25, 0.3) is 0 Å². The first-order chi connectivity index (χ1) is 59.2. The lowest BCUT2D eigenvalue weighted by atomic mass is 9.84. The van der Waals surface area contributed by atoms with Crippen molar-refractivity contribution < 1.29 is 122 Å². The summed E-state index contributed by atoms with van der Waals surface area (Å²) in [6.45, 7) is 5.65. The summed E-state index contributed by atoms with van der Waals surface area (Å²) >= 11 is 0. The number of carbonyl (C=O) groups is 4. The molecule has 10 N–H and O–H groups in total. The summed E-state index contributed by atoms with van der Waals surface area (Å²) in [7, 11) is -5.81. The minimum atomic E-state index is -5.81. The molecule has 122 heavy (non-hydrogen) atoms. The maximum Gasteiger partial charge on any atom is 0.472 e. The molecule has 0 aromatic rings. The van der Waals surface area contributed by atoms with Gasteiger partial charge in [-0.05, 0) is 51.4 Å². The lowest BCUT2D eigenvalue weighted by Crippen LogP contribution is -2.70. The smallest absolute Gasteiger partial charge is 0.463 e. The van der Waals surface area contributed by atoms with E-state index in [9.17, 15) is 74.6 Å². The molecule has 3 aliphatic rings. The average Bonchev–Trinajstić information content (AvgIpc) is 0.754. The highest BCUT2D eigenvalue weighted by Gasteiger charge is 2.60. The summed E-state index contributed by atoms with van der Waals surface area (Å²) in [4.78, 5) is 66.7. The Morgan fingerprint density at radius 1 is 0.320 bits per heavy atom. The van der Waals surface area contributed by atoms with Gasteiger partial charge in [-0.15, -0.1) is 0 Å². The van der Waals surface area contributed by atoms with E-state index in [4.69, 9.17) is 46.9 Å². The van der Waals surface area contributed by atoms with Crippen LogP contribution in [0.3, 0.4) is 0 Å². The van der Waals surface area contributed by atoms with Gasteiger partial charge < -0.3 is 88.7 Å². The van der Waals surface area contributed by atoms with Crippen molar-refractivity contribution in [2.75, 3.05) is 26.4 Å². The van der Waals surface area contributed by atoms with E-state index in [2.05, 4.69) is 39.8 Å². The SMILES string of the molecule is CCCCCC/C=C\CCCCCCCCCC(=O)OC(COC(=O)CCCCCCCCCCCCCCCCCC)COP(=O)(O)OC1C(OC2OC(CO)C(O)C(O)C2O)C(O)C(O)C(OC(=O)CCCCCCCCCCCCCCCCCC)C1OC1OC(COC(=O)CCCCCCCCCCCCCCCCCC)C(O)C(O)C1O. The summed E-state index contributed by atoms with van der Waals surface area (Å²) in [6, 6.07) is 0. The van der Waals surface area contributed by atoms with Gasteiger partial charge in [-0.1, -0.05) is 380 Å². The number of allylic oxidation sites excluding steroid dienone is 2. The van der Waals surface area contributed by atoms with E-state index < -0.39 is 162 Å². The monoisotopic (exact) mass is 1760 g/mol. The fraction of sp³-hybridized carbons (Fsp3) is 0.938. The van der Waals surface area contributed by atoms with Gasteiger partial charge >= 0.3 is 31.7 Å². The number of esters is 4. The highest BCUT2D eigenvalue weighted by Crippen LogP contribution is 2.49. The van der Waals surface area contributed by atoms with Crippen LogP contribution in [0.1, 0.15) is 445 Å². The van der Waals surface area contributed by atoms with Crippen LogP contribution in [0.15, 0.2) is 12.2 Å². The quantitative estimate of drug-likeness (QED) is 0.00889. The summed E-state index contributed by atoms with van der Waals surface area (Å²) in [5, 5.41) is 103. The van der Waals surface area contributed by atoms with Gasteiger partial charge in [0.05, 0.1) is 13.2 Å². The Kier molecular flexibility index (Phi) is 69.6. The van der Waals surface area contributed by atoms with E-state index in [0.29, 0.717) is 38.5 Å². The van der Waals surface area contributed by atoms with Gasteiger partial charge in [0.15, 0.2) is 24.8 Å². The molecule has 25 nitrogen and oxygen atoms in total. The molecule has 0 aromatic heterocycles. The molecule has 18 unspecified atom stereocenters. The number of aliphatic hydroxyl groups is 9. The summed E-state index contributed by atoms with van der Waals surface area (Å²) in [6.07, 6.45) is 35.9. The lowest BCUT2D eigenvalue weighted by molar-refractivity contribution is -0.360. The minimum Gasteiger partial charge on any atom is -0.463 e. The maximum absolute atomic E-state index is 14.9. The van der Waals surface area contributed by atoms with Crippen molar-refractivity contribution in [3.63, 3.8) is 0 Å². The first kappa shape index (κ1) is 113. The van der Waals surface area contributed by atoms with Crippen LogP contribution in [0.4, 0.5) is 0 Å². The van der Waals surface area contributed by atoms with Crippen molar-refractivity contribution in [2.45, 2.75) is 549 Å². The molecule has 0 spiro atoms. The van der Waals surface area contributed by atoms with E-state index >= 15 is 0 Å². The number of ether oxygens (including phenoxy) is 8. The zero-order valence-electron chi connectivity index (χ0n) is 76.8. The van der Waals surface area contributed by atoms with Crippen LogP contribution in [0, 0.1) is 0 Å². The molecule has 1 saturated carbocycles. The van der Waals surface area contributed by atoms with Crippen LogP contribution < -0.4 is 0 Å². The number of aliphatic hydroxyl groups excluding tert-OH is 9. The third-order valence-corrected chi connectivity index (χ3v) is 25.5. The van der Waals surface area contributed by atoms with Crippen LogP contribution in [-0.4, -0.2) is 205 Å². The Bertz CT molecular complexity index is 2570. The molecule has 18 atom stereocenters. The second kappa shape index (κ2) is 74.9. The molecule has 2 aliphatic heterocycles. The van der Waals surface area contributed by atoms with Crippen LogP contribution in [0.25, 0.3) is 0 Å². The maximum atomic E-state index is 14.9. The molecular weight excluding hydrogens is 1580 g/mol. The van der Waals surface area contributed by atoms with E-state index in [1.165, 1.54) is 212 Å². The number of hydrogen-bond acceptors (Lipinski definition) is 24. The highest BCUT2D eigenvalue weighted by molar-refractivity contribution is 7.47. The predicted octanol–water partition coefficient (Wildman–Crippen LogP) is 19.5. The third-order valence-electron chi connectivity index (χ3n) is 24.5. The molecule has 0 amide bonds. The second-order valence-corrected chi connectivity index (χ2v) is 37.1. The standard InChI is InChI=1S/C96H179O25P/c1-5-9-13-17-21-25-29-33-37-41-44-48-52-56-60-64-68-79(98)112-73-76(115-81(100)70-66-62-58-54-50-46-40-36-32-28-24-20-16-12-8-4)74-114-122(110,111)121-94-92(119-95-89(108)85(104)83(102)77(72-97)116-95)88(107)87(106)91(118-82(101)71-67-63-59-55-51-47-43-39-35-31-27-23-19-15-11-7-3)93(94)120-96-90(109)86(105)84(103)78(117-96)75-113-80(99)69-65-61-57-53-49-45-42-38-34-30-26-22-18-14-10-6-2/h28,32,76-78,83-97,102-109H,5-27,29-31,33-75H2,1-4H3,(H,110,111)/b32-28-. The fourth-order valence-corrected chi connectivity index (χ4v) is 17.6. The van der Waals surface area contributed by atoms with E-state index in [0.717, 1.165) is 141 Å². The molecule has 3 rings (SSSR count). The van der Waals surface area contributed by atoms with Gasteiger partial charge in [0.2, 0.25) is 0 Å². The third kappa shape index (κ3) is 54.0. The minimum absolute atomic E-state index is 0.0193. The first-order valence-corrected chi connectivity index (χ1v) is 51.4. The molecule has 3 fully saturated rings. The van der Waals surface area contributed by atoms with Gasteiger partial charge in [-0.25, -0.2) is 4.57 Å². The summed E-state index contributed by atoms with van der Waals surface area (Å²) in [5.74, 6) is -2.95. The van der Waals surface area contributed by atoms with E-state index in [-0.39, 0.29) is 25.7 Å². The number of carbonyl (C=O) groups excluding carboxylic acids is 4. The molecule has 0 aromatic carbocycles. The van der Waals surface area contributed by atoms with Crippen molar-refractivity contribution in [1.82, 2.24) is 0 Å². The normalized spacial score (nSPS) is 24.5. The van der Waals surface area contributed by atoms with Crippen molar-refractivity contribution in [2.24, 2.45) is 0 Å². The summed E-state index contributed by atoms with van der Waals surface area (Å²) < 4.78 is 73.6. The number of rotatable bonds is 82. The van der Waals surface area contributed by atoms with Gasteiger partial charge in [-0.3, -0.25) is 28.2 Å². The lowest BCUT2D eigenvalue weighted by Gasteiger charge is -2.50. The van der Waals surface area contributed by atoms with Crippen LogP contribution >= 0.6 is 7.82 Å². The largest absolute Gasteiger partial charge is 0.472 e. The van der Waals surface area contributed by atoms with E-state index in [1.54, 1.807) is 0 Å². The number of unbranched alkanes of at least 4 members (excludes halogenated alkanes) is 56. The number of phosphoric ester groups is 1. The molecular formula is C96H179O25P. The molecule has 0 radical (unpaired) electrons. The van der Waals surface area contributed by atoms with E-state index in [1.807, 2.05) is 0 Å². The Morgan fingerprint density at radius 3 is 0.984 bits per heavy atom. The van der Waals surface area contributed by atoms with Crippen molar-refractivity contribution in [1.29, 1.82) is 0 Å². The van der Waals surface area contributed by atoms with Crippen molar-refractivity contribution in [3.8, 4) is 0 Å². The molecule has 1 aliphatic carbocycles. The van der Waals surface area contributed by atoms with Crippen molar-refractivity contribution >= 4 is 31.7 Å². The number of hydrogen-bond donors (Lipinski definition) is 10. The molecule has 718 valence electrons. The Labute approximate surface area is 737 Å². The Hall–Kier alpha value is -2.79. The van der Waals surface area contributed by atoms with Gasteiger partial charge in [0, 0.05) is 25.7 Å². The molecule has 2 saturated heterocycles. The molecule has 26 heteroatoms. The van der Waals surface area contributed by atoms with Crippen LogP contribution in [-0.2, 0) is 70.7 Å². The average molecular weight is 1760 g/mol. The van der Waals surface area contributed by atoms with Crippen LogP contribution in [0.5, 0.6) is 0 Å². The Balaban J connectivity index is 1.89. The fourth-order valence-electron chi connectivity index (χ4n) is 16.6. The topological polar surface area (TPSA) is 380 Å². The zero-order chi connectivity index (χ0) is 88.9. The van der Waals surface area contributed by atoms with Crippen molar-refractivity contribution in [3.05, 3.63) is 12.2 Å². The second-order valence-electron chi connectivity index (χ2n) is 35.7. The predicted molar refractivity (Wildman–Crippen MR) is 476 cm³/mol. The molecule has 2 heterocycles.